The Bertz CT molecular complexity index is 736. The average Bonchev–Trinajstić information content (AvgIpc) is 2.60. The highest BCUT2D eigenvalue weighted by atomic mass is 79.9. The van der Waals surface area contributed by atoms with Gasteiger partial charge in [0.05, 0.1) is 25.3 Å². The van der Waals surface area contributed by atoms with Crippen LogP contribution in [0.2, 0.25) is 0 Å². The molecule has 0 fully saturated rings. The van der Waals surface area contributed by atoms with E-state index in [-0.39, 0.29) is 5.78 Å². The van der Waals surface area contributed by atoms with E-state index >= 15 is 0 Å². The summed E-state index contributed by atoms with van der Waals surface area (Å²) in [5.74, 6) is 1.90. The quantitative estimate of drug-likeness (QED) is 0.504. The minimum atomic E-state index is -0.0810. The van der Waals surface area contributed by atoms with Gasteiger partial charge in [0.1, 0.15) is 5.75 Å². The maximum Gasteiger partial charge on any atom is 0.185 e. The molecule has 0 aliphatic carbocycles. The molecule has 4 nitrogen and oxygen atoms in total. The molecule has 2 aromatic rings. The van der Waals surface area contributed by atoms with Gasteiger partial charge in [0.2, 0.25) is 0 Å². The number of carbonyl (C=O) groups is 1. The van der Waals surface area contributed by atoms with Crippen molar-refractivity contribution in [1.82, 2.24) is 0 Å². The maximum atomic E-state index is 12.2. The van der Waals surface area contributed by atoms with Crippen LogP contribution in [-0.2, 0) is 0 Å². The number of ether oxygens (including phenoxy) is 3. The molecule has 0 radical (unpaired) electrons. The standard InChI is InChI=1S/C19H19BrO4/c1-4-24-18-12-13(11-16(20)19(18)23-3)5-10-17(21)14-6-8-15(22-2)9-7-14/h5-12H,4H2,1-3H3/b10-5+. The zero-order chi connectivity index (χ0) is 17.5. The Morgan fingerprint density at radius 3 is 2.42 bits per heavy atom. The number of rotatable bonds is 7. The van der Waals surface area contributed by atoms with Gasteiger partial charge in [-0.15, -0.1) is 0 Å². The van der Waals surface area contributed by atoms with E-state index in [0.29, 0.717) is 23.7 Å². The first-order chi connectivity index (χ1) is 11.6. The number of hydrogen-bond donors (Lipinski definition) is 0. The fourth-order valence-corrected chi connectivity index (χ4v) is 2.79. The maximum absolute atomic E-state index is 12.2. The highest BCUT2D eigenvalue weighted by Crippen LogP contribution is 2.36. The molecule has 0 N–H and O–H groups in total. The van der Waals surface area contributed by atoms with E-state index in [2.05, 4.69) is 15.9 Å². The summed E-state index contributed by atoms with van der Waals surface area (Å²) in [6.07, 6.45) is 3.28. The van der Waals surface area contributed by atoms with Crippen molar-refractivity contribution in [2.75, 3.05) is 20.8 Å². The molecule has 0 spiro atoms. The van der Waals surface area contributed by atoms with E-state index in [1.165, 1.54) is 6.08 Å². The largest absolute Gasteiger partial charge is 0.497 e. The molecule has 0 saturated heterocycles. The molecule has 5 heteroatoms. The van der Waals surface area contributed by atoms with Crippen LogP contribution in [0.5, 0.6) is 17.2 Å². The molecule has 0 heterocycles. The molecule has 0 aliphatic heterocycles. The van der Waals surface area contributed by atoms with E-state index in [1.54, 1.807) is 44.6 Å². The van der Waals surface area contributed by atoms with Crippen LogP contribution in [0.3, 0.4) is 0 Å². The zero-order valence-electron chi connectivity index (χ0n) is 13.8. The van der Waals surface area contributed by atoms with Crippen LogP contribution >= 0.6 is 15.9 Å². The van der Waals surface area contributed by atoms with E-state index < -0.39 is 0 Å². The molecule has 0 unspecified atom stereocenters. The summed E-state index contributed by atoms with van der Waals surface area (Å²) >= 11 is 3.46. The number of hydrogen-bond acceptors (Lipinski definition) is 4. The first-order valence-electron chi connectivity index (χ1n) is 7.45. The first-order valence-corrected chi connectivity index (χ1v) is 8.25. The van der Waals surface area contributed by atoms with E-state index in [1.807, 2.05) is 19.1 Å². The smallest absolute Gasteiger partial charge is 0.185 e. The van der Waals surface area contributed by atoms with E-state index in [4.69, 9.17) is 14.2 Å². The number of carbonyl (C=O) groups excluding carboxylic acids is 1. The van der Waals surface area contributed by atoms with Crippen molar-refractivity contribution in [1.29, 1.82) is 0 Å². The van der Waals surface area contributed by atoms with Gasteiger partial charge < -0.3 is 14.2 Å². The number of allylic oxidation sites excluding steroid dienone is 1. The van der Waals surface area contributed by atoms with Crippen LogP contribution in [0.15, 0.2) is 46.9 Å². The summed E-state index contributed by atoms with van der Waals surface area (Å²) in [6.45, 7) is 2.43. The van der Waals surface area contributed by atoms with Crippen molar-refractivity contribution in [2.24, 2.45) is 0 Å². The van der Waals surface area contributed by atoms with Gasteiger partial charge in [-0.3, -0.25) is 4.79 Å². The van der Waals surface area contributed by atoms with Crippen LogP contribution in [0.25, 0.3) is 6.08 Å². The van der Waals surface area contributed by atoms with Crippen LogP contribution in [-0.4, -0.2) is 26.6 Å². The third-order valence-electron chi connectivity index (χ3n) is 3.34. The molecule has 0 amide bonds. The fourth-order valence-electron chi connectivity index (χ4n) is 2.17. The second-order valence-electron chi connectivity index (χ2n) is 4.89. The Hall–Kier alpha value is -2.27. The molecule has 0 aromatic heterocycles. The number of benzene rings is 2. The molecule has 0 aliphatic rings. The van der Waals surface area contributed by atoms with E-state index in [9.17, 15) is 4.79 Å². The summed E-state index contributed by atoms with van der Waals surface area (Å²) in [5.41, 5.74) is 1.44. The summed E-state index contributed by atoms with van der Waals surface area (Å²) in [7, 11) is 3.18. The lowest BCUT2D eigenvalue weighted by Crippen LogP contribution is -1.97. The van der Waals surface area contributed by atoms with Gasteiger partial charge in [0.25, 0.3) is 0 Å². The zero-order valence-corrected chi connectivity index (χ0v) is 15.4. The second-order valence-corrected chi connectivity index (χ2v) is 5.75. The predicted molar refractivity (Wildman–Crippen MR) is 98.2 cm³/mol. The average molecular weight is 391 g/mol. The lowest BCUT2D eigenvalue weighted by molar-refractivity contribution is 0.104. The van der Waals surface area contributed by atoms with Gasteiger partial charge in [-0.05, 0) is 70.9 Å². The SMILES string of the molecule is CCOc1cc(/C=C/C(=O)c2ccc(OC)cc2)cc(Br)c1OC. The number of methoxy groups -OCH3 is 2. The van der Waals surface area contributed by atoms with Crippen LogP contribution in [0, 0.1) is 0 Å². The molecule has 0 bridgehead atoms. The van der Waals surface area contributed by atoms with Crippen molar-refractivity contribution >= 4 is 27.8 Å². The van der Waals surface area contributed by atoms with Crippen LogP contribution in [0.1, 0.15) is 22.8 Å². The number of ketones is 1. The Morgan fingerprint density at radius 1 is 1.12 bits per heavy atom. The van der Waals surface area contributed by atoms with Gasteiger partial charge in [0.15, 0.2) is 17.3 Å². The fraction of sp³-hybridized carbons (Fsp3) is 0.211. The van der Waals surface area contributed by atoms with Crippen molar-refractivity contribution < 1.29 is 19.0 Å². The monoisotopic (exact) mass is 390 g/mol. The molecular weight excluding hydrogens is 372 g/mol. The van der Waals surface area contributed by atoms with Crippen LogP contribution < -0.4 is 14.2 Å². The summed E-state index contributed by atoms with van der Waals surface area (Å²) < 4.78 is 16.8. The van der Waals surface area contributed by atoms with Gasteiger partial charge >= 0.3 is 0 Å². The summed E-state index contributed by atoms with van der Waals surface area (Å²) in [5, 5.41) is 0. The topological polar surface area (TPSA) is 44.8 Å². The van der Waals surface area contributed by atoms with Crippen molar-refractivity contribution in [2.45, 2.75) is 6.92 Å². The van der Waals surface area contributed by atoms with Gasteiger partial charge in [0, 0.05) is 5.56 Å². The predicted octanol–water partition coefficient (Wildman–Crippen LogP) is 4.76. The highest BCUT2D eigenvalue weighted by molar-refractivity contribution is 9.10. The Morgan fingerprint density at radius 2 is 1.83 bits per heavy atom. The normalized spacial score (nSPS) is 10.7. The Balaban J connectivity index is 2.22. The minimum absolute atomic E-state index is 0.0810. The minimum Gasteiger partial charge on any atom is -0.497 e. The van der Waals surface area contributed by atoms with Gasteiger partial charge in [-0.25, -0.2) is 0 Å². The van der Waals surface area contributed by atoms with Gasteiger partial charge in [-0.2, -0.15) is 0 Å². The third-order valence-corrected chi connectivity index (χ3v) is 3.93. The van der Waals surface area contributed by atoms with Crippen molar-refractivity contribution in [3.05, 3.63) is 58.1 Å². The van der Waals surface area contributed by atoms with Crippen molar-refractivity contribution in [3.8, 4) is 17.2 Å². The van der Waals surface area contributed by atoms with Crippen LogP contribution in [0.4, 0.5) is 0 Å². The number of halogens is 1. The Labute approximate surface area is 150 Å². The lowest BCUT2D eigenvalue weighted by atomic mass is 10.1. The highest BCUT2D eigenvalue weighted by Gasteiger charge is 2.10. The molecule has 2 rings (SSSR count). The molecular formula is C19H19BrO4. The molecule has 24 heavy (non-hydrogen) atoms. The molecule has 0 saturated carbocycles. The molecule has 2 aromatic carbocycles. The molecule has 0 atom stereocenters. The van der Waals surface area contributed by atoms with Crippen molar-refractivity contribution in [3.63, 3.8) is 0 Å². The summed E-state index contributed by atoms with van der Waals surface area (Å²) in [6, 6.07) is 10.7. The van der Waals surface area contributed by atoms with Gasteiger partial charge in [-0.1, -0.05) is 6.08 Å². The molecule has 126 valence electrons. The second kappa shape index (κ2) is 8.55. The third kappa shape index (κ3) is 4.38. The van der Waals surface area contributed by atoms with E-state index in [0.717, 1.165) is 15.8 Å². The lowest BCUT2D eigenvalue weighted by Gasteiger charge is -2.12. The Kier molecular flexibility index (Phi) is 6.44. The summed E-state index contributed by atoms with van der Waals surface area (Å²) in [4.78, 5) is 12.2. The first kappa shape index (κ1) is 18.1.